The zero-order valence-electron chi connectivity index (χ0n) is 17.0. The molecule has 0 N–H and O–H groups in total. The Morgan fingerprint density at radius 1 is 1.06 bits per heavy atom. The van der Waals surface area contributed by atoms with Crippen LogP contribution in [0.15, 0.2) is 75.1 Å². The van der Waals surface area contributed by atoms with Crippen LogP contribution in [0, 0.1) is 0 Å². The van der Waals surface area contributed by atoms with Crippen LogP contribution in [0.2, 0.25) is 5.02 Å². The Morgan fingerprint density at radius 2 is 1.84 bits per heavy atom. The molecule has 0 spiro atoms. The van der Waals surface area contributed by atoms with Crippen LogP contribution in [0.5, 0.6) is 0 Å². The summed E-state index contributed by atoms with van der Waals surface area (Å²) in [7, 11) is 0. The molecular formula is C23H17ClN4O2S2. The number of benzene rings is 2. The highest BCUT2D eigenvalue weighted by molar-refractivity contribution is 7.98. The molecule has 0 radical (unpaired) electrons. The first-order valence-electron chi connectivity index (χ1n) is 9.93. The van der Waals surface area contributed by atoms with Gasteiger partial charge in [0.1, 0.15) is 4.70 Å². The molecule has 160 valence electrons. The molecule has 0 aliphatic rings. The third-order valence-corrected chi connectivity index (χ3v) is 7.24. The van der Waals surface area contributed by atoms with E-state index in [0.29, 0.717) is 44.4 Å². The second-order valence-corrected chi connectivity index (χ2v) is 9.37. The van der Waals surface area contributed by atoms with Gasteiger partial charge in [-0.25, -0.2) is 4.98 Å². The van der Waals surface area contributed by atoms with Crippen LogP contribution in [0.4, 0.5) is 0 Å². The fourth-order valence-corrected chi connectivity index (χ4v) is 5.36. The molecule has 3 aromatic heterocycles. The van der Waals surface area contributed by atoms with Gasteiger partial charge in [0.2, 0.25) is 11.7 Å². The van der Waals surface area contributed by atoms with Crippen molar-refractivity contribution in [3.05, 3.63) is 81.9 Å². The first-order chi connectivity index (χ1) is 15.6. The van der Waals surface area contributed by atoms with Crippen LogP contribution in [0.1, 0.15) is 12.8 Å². The zero-order valence-corrected chi connectivity index (χ0v) is 19.4. The van der Waals surface area contributed by atoms with Crippen LogP contribution < -0.4 is 5.56 Å². The van der Waals surface area contributed by atoms with Crippen molar-refractivity contribution < 1.29 is 4.52 Å². The maximum atomic E-state index is 13.1. The maximum Gasteiger partial charge on any atom is 0.272 e. The Bertz CT molecular complexity index is 1440. The zero-order chi connectivity index (χ0) is 22.1. The van der Waals surface area contributed by atoms with Crippen LogP contribution in [-0.4, -0.2) is 19.7 Å². The Hall–Kier alpha value is -2.94. The van der Waals surface area contributed by atoms with Gasteiger partial charge in [-0.2, -0.15) is 4.98 Å². The minimum absolute atomic E-state index is 0.0282. The number of aromatic nitrogens is 4. The summed E-state index contributed by atoms with van der Waals surface area (Å²) in [6.07, 6.45) is 0. The average Bonchev–Trinajstić information content (AvgIpc) is 3.46. The molecule has 0 fully saturated rings. The number of rotatable bonds is 6. The van der Waals surface area contributed by atoms with Gasteiger partial charge < -0.3 is 4.52 Å². The lowest BCUT2D eigenvalue weighted by Crippen LogP contribution is -2.21. The monoisotopic (exact) mass is 480 g/mol. The molecule has 3 heterocycles. The van der Waals surface area contributed by atoms with Crippen molar-refractivity contribution in [2.24, 2.45) is 0 Å². The Kier molecular flexibility index (Phi) is 5.82. The SMILES string of the molecule is CCn1c(SCc2nc(-c3ccc(Cl)cc3)no2)nc2cc(-c3ccccc3)sc2c1=O. The number of nitrogens with zero attached hydrogens (tertiary/aromatic N) is 4. The van der Waals surface area contributed by atoms with Gasteiger partial charge in [-0.3, -0.25) is 9.36 Å². The van der Waals surface area contributed by atoms with E-state index < -0.39 is 0 Å². The van der Waals surface area contributed by atoms with E-state index in [4.69, 9.17) is 21.1 Å². The minimum atomic E-state index is -0.0282. The van der Waals surface area contributed by atoms with Crippen molar-refractivity contribution in [3.63, 3.8) is 0 Å². The molecule has 0 bridgehead atoms. The number of thioether (sulfide) groups is 1. The smallest absolute Gasteiger partial charge is 0.272 e. The molecule has 5 aromatic rings. The number of fused-ring (bicyclic) bond motifs is 1. The summed E-state index contributed by atoms with van der Waals surface area (Å²) in [5, 5.41) is 5.33. The predicted octanol–water partition coefficient (Wildman–Crippen LogP) is 6.14. The summed E-state index contributed by atoms with van der Waals surface area (Å²) in [6, 6.07) is 19.2. The standard InChI is InChI=1S/C23H17ClN4O2S2/c1-2-28-22(29)20-17(12-18(32-20)14-6-4-3-5-7-14)25-23(28)31-13-19-26-21(27-30-19)15-8-10-16(24)11-9-15/h3-12H,2,13H2,1H3. The normalized spacial score (nSPS) is 11.3. The average molecular weight is 481 g/mol. The van der Waals surface area contributed by atoms with E-state index in [0.717, 1.165) is 16.0 Å². The van der Waals surface area contributed by atoms with Crippen molar-refractivity contribution in [1.82, 2.24) is 19.7 Å². The molecule has 0 unspecified atom stereocenters. The molecule has 0 amide bonds. The number of thiophene rings is 1. The lowest BCUT2D eigenvalue weighted by atomic mass is 10.2. The van der Waals surface area contributed by atoms with Crippen molar-refractivity contribution >= 4 is 44.9 Å². The molecule has 6 nitrogen and oxygen atoms in total. The highest BCUT2D eigenvalue weighted by atomic mass is 35.5. The van der Waals surface area contributed by atoms with Crippen molar-refractivity contribution in [2.75, 3.05) is 0 Å². The first-order valence-corrected chi connectivity index (χ1v) is 12.1. The fourth-order valence-electron chi connectivity index (χ4n) is 3.28. The Labute approximate surface area is 196 Å². The molecular weight excluding hydrogens is 464 g/mol. The number of halogens is 1. The summed E-state index contributed by atoms with van der Waals surface area (Å²) in [6.45, 7) is 2.47. The van der Waals surface area contributed by atoms with Crippen LogP contribution in [-0.2, 0) is 12.3 Å². The fraction of sp³-hybridized carbons (Fsp3) is 0.130. The van der Waals surface area contributed by atoms with Gasteiger partial charge in [0.05, 0.1) is 11.3 Å². The summed E-state index contributed by atoms with van der Waals surface area (Å²) >= 11 is 8.82. The molecule has 9 heteroatoms. The molecule has 32 heavy (non-hydrogen) atoms. The quantitative estimate of drug-likeness (QED) is 0.214. The molecule has 2 aromatic carbocycles. The second kappa shape index (κ2) is 8.90. The largest absolute Gasteiger partial charge is 0.338 e. The number of hydrogen-bond acceptors (Lipinski definition) is 7. The van der Waals surface area contributed by atoms with Crippen molar-refractivity contribution in [2.45, 2.75) is 24.4 Å². The molecule has 0 aliphatic carbocycles. The number of hydrogen-bond donors (Lipinski definition) is 0. The second-order valence-electron chi connectivity index (χ2n) is 6.94. The highest BCUT2D eigenvalue weighted by Gasteiger charge is 2.16. The van der Waals surface area contributed by atoms with Crippen molar-refractivity contribution in [3.8, 4) is 21.8 Å². The van der Waals surface area contributed by atoms with Gasteiger partial charge in [-0.1, -0.05) is 58.9 Å². The summed E-state index contributed by atoms with van der Waals surface area (Å²) in [4.78, 5) is 23.4. The summed E-state index contributed by atoms with van der Waals surface area (Å²) < 4.78 is 7.75. The van der Waals surface area contributed by atoms with E-state index in [1.54, 1.807) is 16.7 Å². The van der Waals surface area contributed by atoms with Gasteiger partial charge in [-0.05, 0) is 42.8 Å². The predicted molar refractivity (Wildman–Crippen MR) is 129 cm³/mol. The van der Waals surface area contributed by atoms with E-state index in [-0.39, 0.29) is 5.56 Å². The molecule has 0 saturated heterocycles. The third-order valence-electron chi connectivity index (χ3n) is 4.87. The van der Waals surface area contributed by atoms with Crippen LogP contribution in [0.25, 0.3) is 32.0 Å². The third kappa shape index (κ3) is 4.09. The van der Waals surface area contributed by atoms with Gasteiger partial charge in [0.15, 0.2) is 5.16 Å². The van der Waals surface area contributed by atoms with Gasteiger partial charge in [-0.15, -0.1) is 11.3 Å². The van der Waals surface area contributed by atoms with E-state index in [2.05, 4.69) is 10.1 Å². The molecule has 0 saturated carbocycles. The van der Waals surface area contributed by atoms with Gasteiger partial charge in [0.25, 0.3) is 5.56 Å². The highest BCUT2D eigenvalue weighted by Crippen LogP contribution is 2.32. The minimum Gasteiger partial charge on any atom is -0.338 e. The van der Waals surface area contributed by atoms with E-state index >= 15 is 0 Å². The lowest BCUT2D eigenvalue weighted by molar-refractivity contribution is 0.391. The van der Waals surface area contributed by atoms with E-state index in [9.17, 15) is 4.79 Å². The Morgan fingerprint density at radius 3 is 2.59 bits per heavy atom. The first kappa shape index (κ1) is 20.9. The topological polar surface area (TPSA) is 73.8 Å². The lowest BCUT2D eigenvalue weighted by Gasteiger charge is -2.08. The molecule has 5 rings (SSSR count). The summed E-state index contributed by atoms with van der Waals surface area (Å²) in [5.74, 6) is 1.37. The van der Waals surface area contributed by atoms with Crippen LogP contribution >= 0.6 is 34.7 Å². The maximum absolute atomic E-state index is 13.1. The van der Waals surface area contributed by atoms with Crippen molar-refractivity contribution in [1.29, 1.82) is 0 Å². The van der Waals surface area contributed by atoms with Gasteiger partial charge in [0, 0.05) is 22.0 Å². The molecule has 0 aliphatic heterocycles. The Balaban J connectivity index is 1.43. The van der Waals surface area contributed by atoms with Gasteiger partial charge >= 0.3 is 0 Å². The van der Waals surface area contributed by atoms with E-state index in [1.165, 1.54) is 23.1 Å². The van der Waals surface area contributed by atoms with Crippen LogP contribution in [0.3, 0.4) is 0 Å². The summed E-state index contributed by atoms with van der Waals surface area (Å²) in [5.41, 5.74) is 2.58. The molecule has 0 atom stereocenters. The van der Waals surface area contributed by atoms with E-state index in [1.807, 2.05) is 55.5 Å².